The van der Waals surface area contributed by atoms with Gasteiger partial charge in [0, 0.05) is 48.6 Å². The quantitative estimate of drug-likeness (QED) is 0.172. The number of benzene rings is 8. The van der Waals surface area contributed by atoms with E-state index in [1.165, 1.54) is 79.9 Å². The minimum Gasteiger partial charge on any atom is -0.292 e. The number of rotatable bonds is 3. The molecular formula is C50H29N3S. The number of hydrogen-bond donors (Lipinski definition) is 0. The maximum absolute atomic E-state index is 5.38. The Morgan fingerprint density at radius 1 is 0.426 bits per heavy atom. The predicted molar refractivity (Wildman–Crippen MR) is 230 cm³/mol. The van der Waals surface area contributed by atoms with Gasteiger partial charge < -0.3 is 0 Å². The molecule has 0 aliphatic carbocycles. The third-order valence-corrected chi connectivity index (χ3v) is 12.4. The predicted octanol–water partition coefficient (Wildman–Crippen LogP) is 13.9. The van der Waals surface area contributed by atoms with Gasteiger partial charge in [0.05, 0.1) is 15.7 Å². The first-order valence-electron chi connectivity index (χ1n) is 18.3. The van der Waals surface area contributed by atoms with Crippen LogP contribution in [-0.4, -0.2) is 14.5 Å². The van der Waals surface area contributed by atoms with E-state index < -0.39 is 0 Å². The summed E-state index contributed by atoms with van der Waals surface area (Å²) in [6, 6.07) is 61.5. The first-order chi connectivity index (χ1) is 26.8. The van der Waals surface area contributed by atoms with E-state index in [0.29, 0.717) is 0 Å². The number of aromatic nitrogens is 3. The summed E-state index contributed by atoms with van der Waals surface area (Å²) in [5, 5.41) is 13.8. The van der Waals surface area contributed by atoms with Crippen molar-refractivity contribution < 1.29 is 0 Å². The Labute approximate surface area is 314 Å². The van der Waals surface area contributed by atoms with Gasteiger partial charge in [0.2, 0.25) is 0 Å². The molecule has 250 valence electrons. The highest BCUT2D eigenvalue weighted by molar-refractivity contribution is 7.27. The van der Waals surface area contributed by atoms with Gasteiger partial charge in [0.15, 0.2) is 5.65 Å². The van der Waals surface area contributed by atoms with Gasteiger partial charge in [-0.3, -0.25) is 4.57 Å². The summed E-state index contributed by atoms with van der Waals surface area (Å²) in [5.74, 6) is 0.859. The minimum absolute atomic E-state index is 0.730. The molecule has 0 saturated heterocycles. The van der Waals surface area contributed by atoms with Gasteiger partial charge in [-0.25, -0.2) is 9.97 Å². The lowest BCUT2D eigenvalue weighted by Gasteiger charge is -2.15. The SMILES string of the molecule is c1ccc(-c2ccc(-c3cc(-n4c5ccccc5c5c6c7ccccc7c7ccccc7c6c6c7ccccc7sc6c54)nc4ncccc34)cc2)cc1. The Morgan fingerprint density at radius 3 is 1.76 bits per heavy atom. The van der Waals surface area contributed by atoms with Gasteiger partial charge in [-0.05, 0) is 74.1 Å². The second-order valence-corrected chi connectivity index (χ2v) is 15.1. The Balaban J connectivity index is 1.27. The molecule has 0 aliphatic rings. The zero-order valence-electron chi connectivity index (χ0n) is 29.0. The van der Waals surface area contributed by atoms with Gasteiger partial charge in [-0.1, -0.05) is 140 Å². The van der Waals surface area contributed by atoms with E-state index in [-0.39, 0.29) is 0 Å². The number of nitrogens with zero attached hydrogens (tertiary/aromatic N) is 3. The molecule has 8 aromatic carbocycles. The summed E-state index contributed by atoms with van der Waals surface area (Å²) in [7, 11) is 0. The topological polar surface area (TPSA) is 30.7 Å². The van der Waals surface area contributed by atoms with Crippen LogP contribution >= 0.6 is 11.3 Å². The summed E-state index contributed by atoms with van der Waals surface area (Å²) in [5.41, 5.74) is 7.68. The Bertz CT molecular complexity index is 3490. The van der Waals surface area contributed by atoms with Crippen molar-refractivity contribution in [2.45, 2.75) is 0 Å². The van der Waals surface area contributed by atoms with Crippen molar-refractivity contribution in [3.8, 4) is 28.1 Å². The van der Waals surface area contributed by atoms with Gasteiger partial charge in [-0.2, -0.15) is 0 Å². The first kappa shape index (κ1) is 29.7. The van der Waals surface area contributed by atoms with Gasteiger partial charge in [0.25, 0.3) is 0 Å². The number of para-hydroxylation sites is 1. The fourth-order valence-corrected chi connectivity index (χ4v) is 10.2. The van der Waals surface area contributed by atoms with E-state index in [2.05, 4.69) is 168 Å². The number of pyridine rings is 2. The highest BCUT2D eigenvalue weighted by Gasteiger charge is 2.25. The largest absolute Gasteiger partial charge is 0.292 e. The maximum atomic E-state index is 5.38. The summed E-state index contributed by atoms with van der Waals surface area (Å²) in [4.78, 5) is 10.2. The second kappa shape index (κ2) is 11.3. The van der Waals surface area contributed by atoms with E-state index in [0.717, 1.165) is 33.5 Å². The molecule has 0 spiro atoms. The van der Waals surface area contributed by atoms with Crippen LogP contribution < -0.4 is 0 Å². The smallest absolute Gasteiger partial charge is 0.162 e. The molecular weight excluding hydrogens is 675 g/mol. The van der Waals surface area contributed by atoms with E-state index in [1.807, 2.05) is 23.6 Å². The van der Waals surface area contributed by atoms with Crippen LogP contribution in [0.2, 0.25) is 0 Å². The van der Waals surface area contributed by atoms with Gasteiger partial charge in [-0.15, -0.1) is 11.3 Å². The molecule has 0 aliphatic heterocycles. The molecule has 12 rings (SSSR count). The average Bonchev–Trinajstić information content (AvgIpc) is 3.80. The normalized spacial score (nSPS) is 12.1. The zero-order chi connectivity index (χ0) is 35.3. The molecule has 0 radical (unpaired) electrons. The van der Waals surface area contributed by atoms with E-state index in [1.54, 1.807) is 0 Å². The fraction of sp³-hybridized carbons (Fsp3) is 0. The van der Waals surface area contributed by atoms with E-state index in [9.17, 15) is 0 Å². The molecule has 0 saturated carbocycles. The van der Waals surface area contributed by atoms with Crippen molar-refractivity contribution in [2.75, 3.05) is 0 Å². The lowest BCUT2D eigenvalue weighted by molar-refractivity contribution is 1.09. The van der Waals surface area contributed by atoms with Gasteiger partial charge >= 0.3 is 0 Å². The molecule has 3 nitrogen and oxygen atoms in total. The Hall–Kier alpha value is -6.88. The molecule has 0 amide bonds. The van der Waals surface area contributed by atoms with Crippen molar-refractivity contribution in [3.63, 3.8) is 0 Å². The lowest BCUT2D eigenvalue weighted by Crippen LogP contribution is -2.00. The van der Waals surface area contributed by atoms with Crippen molar-refractivity contribution in [1.29, 1.82) is 0 Å². The van der Waals surface area contributed by atoms with Crippen molar-refractivity contribution in [2.24, 2.45) is 0 Å². The van der Waals surface area contributed by atoms with Crippen molar-refractivity contribution >= 4 is 96.7 Å². The van der Waals surface area contributed by atoms with Crippen LogP contribution in [0.4, 0.5) is 0 Å². The molecule has 4 heterocycles. The summed E-state index contributed by atoms with van der Waals surface area (Å²) < 4.78 is 4.97. The van der Waals surface area contributed by atoms with Crippen molar-refractivity contribution in [1.82, 2.24) is 14.5 Å². The van der Waals surface area contributed by atoms with E-state index in [4.69, 9.17) is 9.97 Å². The lowest BCUT2D eigenvalue weighted by atomic mass is 9.89. The summed E-state index contributed by atoms with van der Waals surface area (Å²) in [6.07, 6.45) is 1.85. The molecule has 0 fully saturated rings. The Morgan fingerprint density at radius 2 is 1.00 bits per heavy atom. The molecule has 4 aromatic heterocycles. The van der Waals surface area contributed by atoms with Crippen LogP contribution in [0, 0.1) is 0 Å². The first-order valence-corrected chi connectivity index (χ1v) is 19.1. The summed E-state index contributed by atoms with van der Waals surface area (Å²) >= 11 is 1.88. The minimum atomic E-state index is 0.730. The molecule has 0 bridgehead atoms. The molecule has 54 heavy (non-hydrogen) atoms. The maximum Gasteiger partial charge on any atom is 0.162 e. The third kappa shape index (κ3) is 4.11. The number of fused-ring (bicyclic) bond motifs is 16. The van der Waals surface area contributed by atoms with Crippen LogP contribution in [0.5, 0.6) is 0 Å². The third-order valence-electron chi connectivity index (χ3n) is 11.2. The number of thiophene rings is 1. The zero-order valence-corrected chi connectivity index (χ0v) is 29.8. The van der Waals surface area contributed by atoms with Crippen LogP contribution in [0.3, 0.4) is 0 Å². The molecule has 0 atom stereocenters. The molecule has 4 heteroatoms. The van der Waals surface area contributed by atoms with Crippen LogP contribution in [-0.2, 0) is 0 Å². The second-order valence-electron chi connectivity index (χ2n) is 14.1. The molecule has 0 N–H and O–H groups in total. The van der Waals surface area contributed by atoms with Gasteiger partial charge in [0.1, 0.15) is 5.82 Å². The fourth-order valence-electron chi connectivity index (χ4n) is 8.94. The van der Waals surface area contributed by atoms with Crippen molar-refractivity contribution in [3.05, 3.63) is 176 Å². The van der Waals surface area contributed by atoms with Crippen LogP contribution in [0.25, 0.3) is 113 Å². The highest BCUT2D eigenvalue weighted by Crippen LogP contribution is 2.51. The highest BCUT2D eigenvalue weighted by atomic mass is 32.1. The summed E-state index contributed by atoms with van der Waals surface area (Å²) in [6.45, 7) is 0. The van der Waals surface area contributed by atoms with Crippen LogP contribution in [0.1, 0.15) is 0 Å². The molecule has 0 unspecified atom stereocenters. The average molecular weight is 704 g/mol. The number of hydrogen-bond acceptors (Lipinski definition) is 3. The van der Waals surface area contributed by atoms with Crippen LogP contribution in [0.15, 0.2) is 176 Å². The standard InChI is InChI=1S/C50H29N3S/c1-2-13-30(14-3-1)31-24-26-32(27-25-31)40-29-43(52-50-37(40)21-12-28-51-50)53-41-22-10-8-19-38(41)46-44-35-17-6-4-15-33(35)34-16-5-7-18-36(34)45(44)47-39-20-9-11-23-42(39)54-49(47)48(46)53/h1-29H. The molecule has 12 aromatic rings. The Kier molecular flexibility index (Phi) is 6.21. The van der Waals surface area contributed by atoms with E-state index >= 15 is 0 Å². The monoisotopic (exact) mass is 703 g/mol.